The number of hydrogen-bond donors (Lipinski definition) is 8. The van der Waals surface area contributed by atoms with Crippen molar-refractivity contribution in [3.05, 3.63) is 35.9 Å². The molecule has 2 heterocycles. The lowest BCUT2D eigenvalue weighted by atomic mass is 9.95. The van der Waals surface area contributed by atoms with Gasteiger partial charge < -0.3 is 52.0 Å². The molecule has 9 N–H and O–H groups in total. The Hall–Kier alpha value is -4.12. The van der Waals surface area contributed by atoms with Crippen LogP contribution < -0.4 is 27.0 Å². The molecule has 44 heavy (non-hydrogen) atoms. The molecular weight excluding hydrogens is 580 g/mol. The van der Waals surface area contributed by atoms with Crippen LogP contribution in [0.2, 0.25) is 0 Å². The lowest BCUT2D eigenvalue weighted by Crippen LogP contribution is -2.68. The standard InChI is InChI=1S/C28H40N6O10/c1-14(36)30-18(12-21(38)33-27-22(31-15(2)37)24(40)23(39)20(13-35)44-27)28(43)34-10-6-9-19(34)26(42)32-17(25(29)41)11-16-7-4-3-5-8-16/h3-5,7-8,17-20,22-24,27,35,39-40H,6,9-13H2,1-2H3,(H2,29,41)(H,30,36)(H,31,37)(H,32,42)(H,33,38)/t17-,18-,19-,20+,22+,23+,24+,27+/m0/s1. The number of aliphatic hydroxyl groups is 3. The predicted octanol–water partition coefficient (Wildman–Crippen LogP) is -3.86. The van der Waals surface area contributed by atoms with Crippen LogP contribution in [0.15, 0.2) is 30.3 Å². The molecule has 242 valence electrons. The monoisotopic (exact) mass is 620 g/mol. The Labute approximate surface area is 253 Å². The highest BCUT2D eigenvalue weighted by molar-refractivity contribution is 5.96. The highest BCUT2D eigenvalue weighted by Crippen LogP contribution is 2.22. The van der Waals surface area contributed by atoms with Gasteiger partial charge in [0.05, 0.1) is 13.0 Å². The van der Waals surface area contributed by atoms with Crippen LogP contribution in [0.4, 0.5) is 0 Å². The molecule has 2 fully saturated rings. The van der Waals surface area contributed by atoms with E-state index in [0.717, 1.165) is 19.4 Å². The molecule has 1 aromatic rings. The highest BCUT2D eigenvalue weighted by Gasteiger charge is 2.46. The molecule has 0 spiro atoms. The van der Waals surface area contributed by atoms with Crippen LogP contribution in [-0.4, -0.2) is 118 Å². The lowest BCUT2D eigenvalue weighted by molar-refractivity contribution is -0.203. The Morgan fingerprint density at radius 2 is 1.66 bits per heavy atom. The van der Waals surface area contributed by atoms with E-state index in [1.54, 1.807) is 30.3 Å². The number of hydrogen-bond acceptors (Lipinski definition) is 10. The van der Waals surface area contributed by atoms with Gasteiger partial charge in [0.25, 0.3) is 0 Å². The zero-order chi connectivity index (χ0) is 32.6. The van der Waals surface area contributed by atoms with Crippen molar-refractivity contribution in [2.75, 3.05) is 13.2 Å². The van der Waals surface area contributed by atoms with E-state index in [4.69, 9.17) is 10.5 Å². The number of nitrogens with one attached hydrogen (secondary N) is 4. The Kier molecular flexibility index (Phi) is 12.2. The smallest absolute Gasteiger partial charge is 0.246 e. The van der Waals surface area contributed by atoms with Crippen molar-refractivity contribution < 1.29 is 48.8 Å². The Morgan fingerprint density at radius 1 is 0.977 bits per heavy atom. The second kappa shape index (κ2) is 15.6. The summed E-state index contributed by atoms with van der Waals surface area (Å²) in [6.07, 6.45) is -5.64. The van der Waals surface area contributed by atoms with Crippen LogP contribution in [0.3, 0.4) is 0 Å². The molecule has 16 heteroatoms. The van der Waals surface area contributed by atoms with Gasteiger partial charge >= 0.3 is 0 Å². The van der Waals surface area contributed by atoms with E-state index in [1.165, 1.54) is 4.90 Å². The summed E-state index contributed by atoms with van der Waals surface area (Å²) < 4.78 is 5.49. The van der Waals surface area contributed by atoms with Gasteiger partial charge in [0.15, 0.2) is 6.23 Å². The fourth-order valence-electron chi connectivity index (χ4n) is 5.33. The second-order valence-corrected chi connectivity index (χ2v) is 10.9. The van der Waals surface area contributed by atoms with Gasteiger partial charge in [0.2, 0.25) is 35.4 Å². The molecule has 0 bridgehead atoms. The molecule has 0 aromatic heterocycles. The molecule has 2 saturated heterocycles. The van der Waals surface area contributed by atoms with Gasteiger partial charge in [0, 0.05) is 26.8 Å². The third kappa shape index (κ3) is 8.95. The summed E-state index contributed by atoms with van der Waals surface area (Å²) in [7, 11) is 0. The number of benzene rings is 1. The van der Waals surface area contributed by atoms with Crippen LogP contribution in [0.5, 0.6) is 0 Å². The molecule has 1 aromatic carbocycles. The minimum absolute atomic E-state index is 0.142. The van der Waals surface area contributed by atoms with Crippen LogP contribution in [0, 0.1) is 0 Å². The first-order valence-electron chi connectivity index (χ1n) is 14.2. The summed E-state index contributed by atoms with van der Waals surface area (Å²) in [5, 5.41) is 40.0. The second-order valence-electron chi connectivity index (χ2n) is 10.9. The van der Waals surface area contributed by atoms with Crippen molar-refractivity contribution in [2.45, 2.75) is 88.2 Å². The van der Waals surface area contributed by atoms with Crippen molar-refractivity contribution in [1.82, 2.24) is 26.2 Å². The number of nitrogens with zero attached hydrogens (tertiary/aromatic N) is 1. The van der Waals surface area contributed by atoms with E-state index < -0.39 is 97.2 Å². The van der Waals surface area contributed by atoms with E-state index in [9.17, 15) is 44.1 Å². The minimum atomic E-state index is -1.61. The summed E-state index contributed by atoms with van der Waals surface area (Å²) in [4.78, 5) is 76.9. The fraction of sp³-hybridized carbons (Fsp3) is 0.571. The van der Waals surface area contributed by atoms with Crippen LogP contribution in [-0.2, 0) is 39.9 Å². The molecule has 16 nitrogen and oxygen atoms in total. The molecule has 2 aliphatic heterocycles. The normalized spacial score (nSPS) is 26.2. The van der Waals surface area contributed by atoms with Gasteiger partial charge in [-0.15, -0.1) is 0 Å². The zero-order valence-corrected chi connectivity index (χ0v) is 24.5. The van der Waals surface area contributed by atoms with E-state index in [0.29, 0.717) is 6.42 Å². The number of carbonyl (C=O) groups is 6. The average molecular weight is 621 g/mol. The Morgan fingerprint density at radius 3 is 2.25 bits per heavy atom. The summed E-state index contributed by atoms with van der Waals surface area (Å²) in [5.74, 6) is -4.16. The van der Waals surface area contributed by atoms with Crippen molar-refractivity contribution in [1.29, 1.82) is 0 Å². The van der Waals surface area contributed by atoms with Crippen LogP contribution in [0.25, 0.3) is 0 Å². The van der Waals surface area contributed by atoms with Gasteiger partial charge in [0.1, 0.15) is 42.5 Å². The molecule has 3 rings (SSSR count). The van der Waals surface area contributed by atoms with Crippen molar-refractivity contribution >= 4 is 35.4 Å². The van der Waals surface area contributed by atoms with E-state index in [1.807, 2.05) is 0 Å². The summed E-state index contributed by atoms with van der Waals surface area (Å²) >= 11 is 0. The number of primary amides is 1. The van der Waals surface area contributed by atoms with Gasteiger partial charge in [-0.1, -0.05) is 30.3 Å². The summed E-state index contributed by atoms with van der Waals surface area (Å²) in [6, 6.07) is 4.17. The lowest BCUT2D eigenvalue weighted by Gasteiger charge is -2.42. The number of amides is 6. The van der Waals surface area contributed by atoms with Crippen molar-refractivity contribution in [2.24, 2.45) is 5.73 Å². The highest BCUT2D eigenvalue weighted by atomic mass is 16.5. The predicted molar refractivity (Wildman–Crippen MR) is 152 cm³/mol. The van der Waals surface area contributed by atoms with Gasteiger partial charge in [-0.2, -0.15) is 0 Å². The molecule has 0 saturated carbocycles. The number of carbonyl (C=O) groups excluding carboxylic acids is 6. The van der Waals surface area contributed by atoms with E-state index >= 15 is 0 Å². The maximum atomic E-state index is 13.6. The first kappa shape index (κ1) is 34.4. The van der Waals surface area contributed by atoms with E-state index in [-0.39, 0.29) is 19.4 Å². The van der Waals surface area contributed by atoms with Crippen molar-refractivity contribution in [3.63, 3.8) is 0 Å². The summed E-state index contributed by atoms with van der Waals surface area (Å²) in [6.45, 7) is 1.74. The Bertz CT molecular complexity index is 1220. The number of nitrogens with two attached hydrogens (primary N) is 1. The topological polar surface area (TPSA) is 250 Å². The zero-order valence-electron chi connectivity index (χ0n) is 24.5. The molecule has 8 atom stereocenters. The first-order chi connectivity index (χ1) is 20.8. The quantitative estimate of drug-likeness (QED) is 0.113. The third-order valence-corrected chi connectivity index (χ3v) is 7.45. The third-order valence-electron chi connectivity index (χ3n) is 7.45. The SMILES string of the molecule is CC(=O)N[C@@H]1[C@@H](O)[C@H](O)[C@@H](CO)O[C@H]1NC(=O)C[C@H](NC(C)=O)C(=O)N1CCC[C@H]1C(=O)N[C@@H](Cc1ccccc1)C(N)=O. The van der Waals surface area contributed by atoms with Gasteiger partial charge in [-0.05, 0) is 18.4 Å². The first-order valence-corrected chi connectivity index (χ1v) is 14.2. The molecule has 2 aliphatic rings. The van der Waals surface area contributed by atoms with Gasteiger partial charge in [-0.25, -0.2) is 0 Å². The Balaban J connectivity index is 1.72. The van der Waals surface area contributed by atoms with Crippen LogP contribution in [0.1, 0.15) is 38.7 Å². The largest absolute Gasteiger partial charge is 0.394 e. The fourth-order valence-corrected chi connectivity index (χ4v) is 5.33. The molecular formula is C28H40N6O10. The number of likely N-dealkylation sites (tertiary alicyclic amines) is 1. The number of ether oxygens (including phenoxy) is 1. The maximum absolute atomic E-state index is 13.6. The molecule has 0 aliphatic carbocycles. The maximum Gasteiger partial charge on any atom is 0.246 e. The number of aliphatic hydroxyl groups excluding tert-OH is 3. The van der Waals surface area contributed by atoms with Crippen molar-refractivity contribution in [3.8, 4) is 0 Å². The van der Waals surface area contributed by atoms with Gasteiger partial charge in [-0.3, -0.25) is 28.8 Å². The molecule has 0 radical (unpaired) electrons. The minimum Gasteiger partial charge on any atom is -0.394 e. The summed E-state index contributed by atoms with van der Waals surface area (Å²) in [5.41, 5.74) is 6.29. The average Bonchev–Trinajstić information content (AvgIpc) is 3.46. The molecule has 0 unspecified atom stereocenters. The van der Waals surface area contributed by atoms with Crippen LogP contribution >= 0.6 is 0 Å². The van der Waals surface area contributed by atoms with E-state index in [2.05, 4.69) is 21.3 Å². The molecule has 6 amide bonds. The number of rotatable bonds is 12.